The molecule has 0 aliphatic carbocycles. The largest absolute Gasteiger partial charge is 0.480 e. The number of aryl methyl sites for hydroxylation is 3. The average molecular weight is 432 g/mol. The third-order valence-electron chi connectivity index (χ3n) is 4.27. The van der Waals surface area contributed by atoms with Gasteiger partial charge in [-0.25, -0.2) is 13.4 Å². The predicted molar refractivity (Wildman–Crippen MR) is 117 cm³/mol. The summed E-state index contributed by atoms with van der Waals surface area (Å²) in [4.78, 5) is 15.8. The number of ether oxygens (including phenoxy) is 1. The number of methoxy groups -OCH3 is 1. The highest BCUT2D eigenvalue weighted by atomic mass is 32.2. The predicted octanol–water partition coefficient (Wildman–Crippen LogP) is 2.93. The summed E-state index contributed by atoms with van der Waals surface area (Å²) in [6, 6.07) is 5.43. The van der Waals surface area contributed by atoms with Crippen LogP contribution in [0.1, 0.15) is 34.1 Å². The lowest BCUT2D eigenvalue weighted by molar-refractivity contribution is 0.0960. The SMILES string of the molecule is C=N/C(OC)=C(\C=C(/C)NC(=O)c1[nH]ncc1C)S(=O)(=O)Nc1c(C)cccc1C. The van der Waals surface area contributed by atoms with Crippen molar-refractivity contribution in [1.82, 2.24) is 15.5 Å². The van der Waals surface area contributed by atoms with Gasteiger partial charge in [-0.15, -0.1) is 0 Å². The molecule has 0 spiro atoms. The van der Waals surface area contributed by atoms with Crippen molar-refractivity contribution in [2.45, 2.75) is 27.7 Å². The van der Waals surface area contributed by atoms with Gasteiger partial charge in [0, 0.05) is 5.70 Å². The molecule has 0 atom stereocenters. The molecule has 0 fully saturated rings. The van der Waals surface area contributed by atoms with E-state index in [1.807, 2.05) is 6.07 Å². The van der Waals surface area contributed by atoms with Crippen molar-refractivity contribution in [3.63, 3.8) is 0 Å². The topological polar surface area (TPSA) is 126 Å². The number of carbonyl (C=O) groups excluding carboxylic acids is 1. The van der Waals surface area contributed by atoms with Gasteiger partial charge >= 0.3 is 0 Å². The summed E-state index contributed by atoms with van der Waals surface area (Å²) in [6.07, 6.45) is 2.77. The Kier molecular flexibility index (Phi) is 7.17. The Balaban J connectivity index is 2.44. The summed E-state index contributed by atoms with van der Waals surface area (Å²) in [5.41, 5.74) is 3.16. The van der Waals surface area contributed by atoms with Gasteiger partial charge in [-0.1, -0.05) is 18.2 Å². The first-order valence-corrected chi connectivity index (χ1v) is 10.4. The first-order valence-electron chi connectivity index (χ1n) is 8.94. The minimum atomic E-state index is -4.11. The van der Waals surface area contributed by atoms with Gasteiger partial charge in [-0.05, 0) is 57.2 Å². The van der Waals surface area contributed by atoms with E-state index in [0.717, 1.165) is 11.1 Å². The molecule has 3 N–H and O–H groups in total. The highest BCUT2D eigenvalue weighted by Gasteiger charge is 2.24. The van der Waals surface area contributed by atoms with Crippen LogP contribution in [0.2, 0.25) is 0 Å². The smallest absolute Gasteiger partial charge is 0.273 e. The lowest BCUT2D eigenvalue weighted by atomic mass is 10.1. The molecule has 0 saturated carbocycles. The molecule has 0 bridgehead atoms. The van der Waals surface area contributed by atoms with Crippen LogP contribution in [0.15, 0.2) is 51.9 Å². The normalized spacial score (nSPS) is 12.8. The molecule has 0 aliphatic rings. The van der Waals surface area contributed by atoms with E-state index in [4.69, 9.17) is 4.74 Å². The number of carbonyl (C=O) groups is 1. The summed E-state index contributed by atoms with van der Waals surface area (Å²) in [7, 11) is -2.83. The van der Waals surface area contributed by atoms with Crippen molar-refractivity contribution in [3.05, 3.63) is 69.3 Å². The molecule has 10 heteroatoms. The van der Waals surface area contributed by atoms with Gasteiger partial charge in [0.05, 0.1) is 19.0 Å². The summed E-state index contributed by atoms with van der Waals surface area (Å²) >= 11 is 0. The third-order valence-corrected chi connectivity index (χ3v) is 5.61. The van der Waals surface area contributed by atoms with Crippen LogP contribution >= 0.6 is 0 Å². The number of H-pyrrole nitrogens is 1. The molecule has 0 saturated heterocycles. The summed E-state index contributed by atoms with van der Waals surface area (Å²) in [5.74, 6) is -0.663. The van der Waals surface area contributed by atoms with E-state index in [2.05, 4.69) is 31.9 Å². The molecule has 0 unspecified atom stereocenters. The molecule has 1 heterocycles. The van der Waals surface area contributed by atoms with E-state index in [1.165, 1.54) is 19.4 Å². The van der Waals surface area contributed by atoms with E-state index in [-0.39, 0.29) is 22.2 Å². The first kappa shape index (κ1) is 22.9. The zero-order chi connectivity index (χ0) is 22.5. The van der Waals surface area contributed by atoms with Gasteiger partial charge in [0.25, 0.3) is 15.9 Å². The Bertz CT molecular complexity index is 1110. The number of rotatable bonds is 8. The maximum atomic E-state index is 13.2. The number of sulfonamides is 1. The average Bonchev–Trinajstić information content (AvgIpc) is 3.11. The quantitative estimate of drug-likeness (QED) is 0.337. The van der Waals surface area contributed by atoms with Gasteiger partial charge in [0.15, 0.2) is 4.91 Å². The number of nitrogens with zero attached hydrogens (tertiary/aromatic N) is 2. The number of aromatic nitrogens is 2. The zero-order valence-electron chi connectivity index (χ0n) is 17.5. The zero-order valence-corrected chi connectivity index (χ0v) is 18.3. The molecule has 1 aromatic carbocycles. The van der Waals surface area contributed by atoms with Crippen LogP contribution in [0.4, 0.5) is 5.69 Å². The summed E-state index contributed by atoms with van der Waals surface area (Å²) in [5, 5.41) is 9.03. The summed E-state index contributed by atoms with van der Waals surface area (Å²) in [6.45, 7) is 10.2. The highest BCUT2D eigenvalue weighted by molar-refractivity contribution is 7.96. The van der Waals surface area contributed by atoms with Crippen LogP contribution in [-0.4, -0.2) is 38.3 Å². The van der Waals surface area contributed by atoms with Gasteiger partial charge in [-0.3, -0.25) is 14.6 Å². The highest BCUT2D eigenvalue weighted by Crippen LogP contribution is 2.25. The molecule has 2 aromatic rings. The van der Waals surface area contributed by atoms with Crippen molar-refractivity contribution in [2.24, 2.45) is 4.99 Å². The Morgan fingerprint density at radius 1 is 1.23 bits per heavy atom. The van der Waals surface area contributed by atoms with Crippen molar-refractivity contribution in [1.29, 1.82) is 0 Å². The van der Waals surface area contributed by atoms with Gasteiger partial charge in [0.1, 0.15) is 5.69 Å². The molecule has 0 aliphatic heterocycles. The van der Waals surface area contributed by atoms with Gasteiger partial charge in [-0.2, -0.15) is 5.10 Å². The monoisotopic (exact) mass is 431 g/mol. The third kappa shape index (κ3) is 5.15. The van der Waals surface area contributed by atoms with Crippen LogP contribution in [0, 0.1) is 20.8 Å². The Hall–Kier alpha value is -3.40. The number of para-hydroxylation sites is 1. The lowest BCUT2D eigenvalue weighted by Gasteiger charge is -2.15. The maximum Gasteiger partial charge on any atom is 0.273 e. The minimum Gasteiger partial charge on any atom is -0.480 e. The van der Waals surface area contributed by atoms with E-state index < -0.39 is 15.9 Å². The number of aromatic amines is 1. The second-order valence-electron chi connectivity index (χ2n) is 6.61. The van der Waals surface area contributed by atoms with E-state index >= 15 is 0 Å². The van der Waals surface area contributed by atoms with E-state index in [9.17, 15) is 13.2 Å². The number of aliphatic imine (C=N–C) groups is 1. The van der Waals surface area contributed by atoms with Crippen LogP contribution in [-0.2, 0) is 14.8 Å². The van der Waals surface area contributed by atoms with Crippen molar-refractivity contribution in [3.8, 4) is 0 Å². The second kappa shape index (κ2) is 9.40. The summed E-state index contributed by atoms with van der Waals surface area (Å²) < 4.78 is 34.0. The van der Waals surface area contributed by atoms with Crippen molar-refractivity contribution >= 4 is 28.3 Å². The number of benzene rings is 1. The second-order valence-corrected chi connectivity index (χ2v) is 8.26. The number of allylic oxidation sites excluding steroid dienone is 2. The standard InChI is InChI=1S/C20H25N5O4S/c1-12-8-7-9-13(2)17(12)25-30(27,28)16(20(21-5)29-6)10-15(4)23-19(26)18-14(3)11-22-24-18/h7-11,25H,5H2,1-4,6H3,(H,22,24)(H,23,26)/b15-10+,20-16-. The Labute approximate surface area is 176 Å². The molecule has 30 heavy (non-hydrogen) atoms. The lowest BCUT2D eigenvalue weighted by Crippen LogP contribution is -2.24. The van der Waals surface area contributed by atoms with Crippen molar-refractivity contribution in [2.75, 3.05) is 11.8 Å². The number of nitrogens with one attached hydrogen (secondary N) is 3. The van der Waals surface area contributed by atoms with E-state index in [1.54, 1.807) is 39.8 Å². The Morgan fingerprint density at radius 3 is 2.37 bits per heavy atom. The number of anilines is 1. The molecule has 9 nitrogen and oxygen atoms in total. The Morgan fingerprint density at radius 2 is 1.87 bits per heavy atom. The first-order chi connectivity index (χ1) is 14.1. The fourth-order valence-electron chi connectivity index (χ4n) is 2.71. The van der Waals surface area contributed by atoms with Crippen LogP contribution in [0.5, 0.6) is 0 Å². The van der Waals surface area contributed by atoms with Crippen LogP contribution < -0.4 is 10.0 Å². The fraction of sp³-hybridized carbons (Fsp3) is 0.250. The number of amides is 1. The molecule has 0 radical (unpaired) electrons. The van der Waals surface area contributed by atoms with Gasteiger partial charge < -0.3 is 10.1 Å². The number of hydrogen-bond donors (Lipinski definition) is 3. The van der Waals surface area contributed by atoms with Crippen LogP contribution in [0.3, 0.4) is 0 Å². The minimum absolute atomic E-state index is 0.208. The molecule has 1 aromatic heterocycles. The fourth-order valence-corrected chi connectivity index (χ4v) is 4.12. The van der Waals surface area contributed by atoms with Crippen LogP contribution in [0.25, 0.3) is 0 Å². The molecule has 160 valence electrons. The van der Waals surface area contributed by atoms with Crippen molar-refractivity contribution < 1.29 is 17.9 Å². The maximum absolute atomic E-state index is 13.2. The molecular formula is C20H25N5O4S. The molecular weight excluding hydrogens is 406 g/mol. The molecule has 2 rings (SSSR count). The van der Waals surface area contributed by atoms with E-state index in [0.29, 0.717) is 11.3 Å². The molecule has 1 amide bonds. The number of hydrogen-bond acceptors (Lipinski definition) is 6. The van der Waals surface area contributed by atoms with Gasteiger partial charge in [0.2, 0.25) is 5.88 Å².